The van der Waals surface area contributed by atoms with Gasteiger partial charge in [-0.25, -0.2) is 0 Å². The van der Waals surface area contributed by atoms with Crippen LogP contribution >= 0.6 is 0 Å². The third kappa shape index (κ3) is 4.30. The predicted octanol–water partition coefficient (Wildman–Crippen LogP) is 2.00. The van der Waals surface area contributed by atoms with Crippen molar-refractivity contribution in [2.24, 2.45) is 0 Å². The zero-order valence-electron chi connectivity index (χ0n) is 14.6. The second kappa shape index (κ2) is 8.02. The Kier molecular flexibility index (Phi) is 5.55. The standard InChI is InChI=1S/C18H24N4O3/c1-3-21(4-2)9-10-22-12-14(11-19-22)20-18(23)17-13-24-15-7-5-6-8-16(15)25-17/h5-8,11-12,17H,3-4,9-10,13H2,1-2H3,(H,20,23)/t17-/m1/s1. The maximum absolute atomic E-state index is 12.4. The van der Waals surface area contributed by atoms with Crippen LogP contribution in [0.2, 0.25) is 0 Å². The minimum atomic E-state index is -0.672. The molecule has 1 aromatic carbocycles. The Bertz CT molecular complexity index is 712. The number of hydrogen-bond acceptors (Lipinski definition) is 5. The van der Waals surface area contributed by atoms with E-state index in [1.165, 1.54) is 0 Å². The molecule has 1 aromatic heterocycles. The highest BCUT2D eigenvalue weighted by Crippen LogP contribution is 2.31. The average Bonchev–Trinajstić information content (AvgIpc) is 3.09. The fourth-order valence-electron chi connectivity index (χ4n) is 2.71. The maximum atomic E-state index is 12.4. The van der Waals surface area contributed by atoms with Gasteiger partial charge in [0.05, 0.1) is 18.4 Å². The number of benzene rings is 1. The van der Waals surface area contributed by atoms with Crippen molar-refractivity contribution in [2.75, 3.05) is 31.6 Å². The molecule has 2 aromatic rings. The SMILES string of the molecule is CCN(CC)CCn1cc(NC(=O)[C@H]2COc3ccccc3O2)cn1. The van der Waals surface area contributed by atoms with Crippen molar-refractivity contribution in [3.8, 4) is 11.5 Å². The molecule has 2 heterocycles. The zero-order chi connectivity index (χ0) is 17.6. The number of ether oxygens (including phenoxy) is 2. The van der Waals surface area contributed by atoms with Gasteiger partial charge in [0.25, 0.3) is 5.91 Å². The van der Waals surface area contributed by atoms with Gasteiger partial charge in [-0.3, -0.25) is 9.48 Å². The van der Waals surface area contributed by atoms with Crippen molar-refractivity contribution in [3.05, 3.63) is 36.7 Å². The number of para-hydroxylation sites is 2. The van der Waals surface area contributed by atoms with Gasteiger partial charge in [0.1, 0.15) is 6.61 Å². The number of nitrogens with one attached hydrogen (secondary N) is 1. The summed E-state index contributed by atoms with van der Waals surface area (Å²) in [5.41, 5.74) is 0.659. The topological polar surface area (TPSA) is 68.6 Å². The Morgan fingerprint density at radius 2 is 2.08 bits per heavy atom. The van der Waals surface area contributed by atoms with Crippen LogP contribution in [0, 0.1) is 0 Å². The number of anilines is 1. The molecule has 0 saturated carbocycles. The van der Waals surface area contributed by atoms with Gasteiger partial charge in [-0.05, 0) is 25.2 Å². The van der Waals surface area contributed by atoms with Crippen LogP contribution in [0.5, 0.6) is 11.5 Å². The lowest BCUT2D eigenvalue weighted by molar-refractivity contribution is -0.125. The molecule has 1 aliphatic heterocycles. The predicted molar refractivity (Wildman–Crippen MR) is 95.0 cm³/mol. The Hall–Kier alpha value is -2.54. The zero-order valence-corrected chi connectivity index (χ0v) is 14.6. The largest absolute Gasteiger partial charge is 0.485 e. The Morgan fingerprint density at radius 1 is 1.32 bits per heavy atom. The van der Waals surface area contributed by atoms with Crippen LogP contribution in [-0.4, -0.2) is 52.9 Å². The number of aromatic nitrogens is 2. The van der Waals surface area contributed by atoms with Crippen molar-refractivity contribution >= 4 is 11.6 Å². The smallest absolute Gasteiger partial charge is 0.269 e. The molecule has 1 amide bonds. The van der Waals surface area contributed by atoms with E-state index in [9.17, 15) is 4.79 Å². The van der Waals surface area contributed by atoms with Crippen LogP contribution in [0.1, 0.15) is 13.8 Å². The number of nitrogens with zero attached hydrogens (tertiary/aromatic N) is 3. The van der Waals surface area contributed by atoms with Crippen LogP contribution in [-0.2, 0) is 11.3 Å². The molecule has 3 rings (SSSR count). The molecule has 0 fully saturated rings. The first kappa shape index (κ1) is 17.3. The number of fused-ring (bicyclic) bond motifs is 1. The maximum Gasteiger partial charge on any atom is 0.269 e. The molecular formula is C18H24N4O3. The Morgan fingerprint density at radius 3 is 2.84 bits per heavy atom. The van der Waals surface area contributed by atoms with Gasteiger partial charge >= 0.3 is 0 Å². The van der Waals surface area contributed by atoms with Gasteiger partial charge in [0, 0.05) is 12.7 Å². The van der Waals surface area contributed by atoms with E-state index in [4.69, 9.17) is 9.47 Å². The van der Waals surface area contributed by atoms with E-state index in [1.54, 1.807) is 12.3 Å². The summed E-state index contributed by atoms with van der Waals surface area (Å²) in [7, 11) is 0. The summed E-state index contributed by atoms with van der Waals surface area (Å²) in [6.45, 7) is 8.22. The Labute approximate surface area is 147 Å². The van der Waals surface area contributed by atoms with E-state index in [0.29, 0.717) is 17.2 Å². The lowest BCUT2D eigenvalue weighted by Crippen LogP contribution is -2.40. The minimum absolute atomic E-state index is 0.193. The van der Waals surface area contributed by atoms with Gasteiger partial charge in [-0.15, -0.1) is 0 Å². The molecule has 0 unspecified atom stereocenters. The lowest BCUT2D eigenvalue weighted by atomic mass is 10.2. The van der Waals surface area contributed by atoms with Gasteiger partial charge in [0.2, 0.25) is 6.10 Å². The summed E-state index contributed by atoms with van der Waals surface area (Å²) in [5.74, 6) is 1.01. The van der Waals surface area contributed by atoms with Crippen molar-refractivity contribution < 1.29 is 14.3 Å². The van der Waals surface area contributed by atoms with Crippen molar-refractivity contribution in [1.29, 1.82) is 0 Å². The average molecular weight is 344 g/mol. The molecule has 0 radical (unpaired) electrons. The summed E-state index contributed by atoms with van der Waals surface area (Å²) < 4.78 is 13.1. The number of carbonyl (C=O) groups is 1. The molecular weight excluding hydrogens is 320 g/mol. The summed E-state index contributed by atoms with van der Waals surface area (Å²) >= 11 is 0. The molecule has 0 saturated heterocycles. The molecule has 0 bridgehead atoms. The fourth-order valence-corrected chi connectivity index (χ4v) is 2.71. The lowest BCUT2D eigenvalue weighted by Gasteiger charge is -2.25. The molecule has 7 nitrogen and oxygen atoms in total. The molecule has 1 atom stereocenters. The molecule has 1 aliphatic rings. The molecule has 25 heavy (non-hydrogen) atoms. The highest BCUT2D eigenvalue weighted by atomic mass is 16.6. The molecule has 7 heteroatoms. The van der Waals surface area contributed by atoms with Crippen LogP contribution in [0.4, 0.5) is 5.69 Å². The number of likely N-dealkylation sites (N-methyl/N-ethyl adjacent to an activating group) is 1. The van der Waals surface area contributed by atoms with Gasteiger partial charge in [0.15, 0.2) is 11.5 Å². The van der Waals surface area contributed by atoms with Gasteiger partial charge in [-0.2, -0.15) is 5.10 Å². The van der Waals surface area contributed by atoms with E-state index in [-0.39, 0.29) is 12.5 Å². The number of rotatable bonds is 7. The van der Waals surface area contributed by atoms with Crippen LogP contribution < -0.4 is 14.8 Å². The molecule has 0 spiro atoms. The van der Waals surface area contributed by atoms with Gasteiger partial charge < -0.3 is 19.7 Å². The molecule has 0 aliphatic carbocycles. The summed E-state index contributed by atoms with van der Waals surface area (Å²) in [5, 5.41) is 7.13. The van der Waals surface area contributed by atoms with Gasteiger partial charge in [-0.1, -0.05) is 26.0 Å². The van der Waals surface area contributed by atoms with E-state index >= 15 is 0 Å². The van der Waals surface area contributed by atoms with Crippen LogP contribution in [0.25, 0.3) is 0 Å². The van der Waals surface area contributed by atoms with E-state index in [2.05, 4.69) is 29.2 Å². The van der Waals surface area contributed by atoms with Crippen LogP contribution in [0.3, 0.4) is 0 Å². The minimum Gasteiger partial charge on any atom is -0.485 e. The summed E-state index contributed by atoms with van der Waals surface area (Å²) in [4.78, 5) is 14.7. The van der Waals surface area contributed by atoms with Crippen molar-refractivity contribution in [1.82, 2.24) is 14.7 Å². The van der Waals surface area contributed by atoms with E-state index < -0.39 is 6.10 Å². The first-order chi connectivity index (χ1) is 12.2. The summed E-state index contributed by atoms with van der Waals surface area (Å²) in [6.07, 6.45) is 2.81. The quantitative estimate of drug-likeness (QED) is 0.832. The monoisotopic (exact) mass is 344 g/mol. The van der Waals surface area contributed by atoms with E-state index in [1.807, 2.05) is 29.1 Å². The highest BCUT2D eigenvalue weighted by Gasteiger charge is 2.27. The van der Waals surface area contributed by atoms with Crippen molar-refractivity contribution in [3.63, 3.8) is 0 Å². The number of carbonyl (C=O) groups excluding carboxylic acids is 1. The third-order valence-corrected chi connectivity index (χ3v) is 4.24. The highest BCUT2D eigenvalue weighted by molar-refractivity contribution is 5.94. The normalized spacial score (nSPS) is 16.0. The third-order valence-electron chi connectivity index (χ3n) is 4.24. The Balaban J connectivity index is 1.54. The second-order valence-corrected chi connectivity index (χ2v) is 5.87. The first-order valence-corrected chi connectivity index (χ1v) is 8.63. The molecule has 134 valence electrons. The van der Waals surface area contributed by atoms with Crippen molar-refractivity contribution in [2.45, 2.75) is 26.5 Å². The molecule has 1 N–H and O–H groups in total. The fraction of sp³-hybridized carbons (Fsp3) is 0.444. The van der Waals surface area contributed by atoms with Crippen LogP contribution in [0.15, 0.2) is 36.7 Å². The summed E-state index contributed by atoms with van der Waals surface area (Å²) in [6, 6.07) is 7.33. The first-order valence-electron chi connectivity index (χ1n) is 8.63. The van der Waals surface area contributed by atoms with E-state index in [0.717, 1.165) is 26.2 Å². The number of hydrogen-bond donors (Lipinski definition) is 1. The second-order valence-electron chi connectivity index (χ2n) is 5.87. The number of amides is 1.